The Morgan fingerprint density at radius 1 is 0.722 bits per heavy atom. The summed E-state index contributed by atoms with van der Waals surface area (Å²) in [5.41, 5.74) is -11.7. The second kappa shape index (κ2) is 6.73. The number of hydrogen-bond donors (Lipinski definition) is 0. The zero-order chi connectivity index (χ0) is 14.1. The Labute approximate surface area is 128 Å². The molecule has 2 radical (unpaired) electrons. The molecule has 18 heavy (non-hydrogen) atoms. The van der Waals surface area contributed by atoms with Crippen LogP contribution in [0.3, 0.4) is 0 Å². The van der Waals surface area contributed by atoms with Crippen molar-refractivity contribution in [3.05, 3.63) is 0 Å². The minimum atomic E-state index is -6.13. The van der Waals surface area contributed by atoms with Crippen LogP contribution in [0.4, 0.5) is 26.3 Å². The van der Waals surface area contributed by atoms with E-state index in [9.17, 15) is 43.2 Å². The van der Waals surface area contributed by atoms with Crippen molar-refractivity contribution in [2.75, 3.05) is 0 Å². The van der Waals surface area contributed by atoms with E-state index in [1.807, 2.05) is 0 Å². The second-order valence-electron chi connectivity index (χ2n) is 2.15. The van der Waals surface area contributed by atoms with Gasteiger partial charge in [-0.15, -0.1) is 0 Å². The van der Waals surface area contributed by atoms with Crippen LogP contribution in [0.15, 0.2) is 0 Å². The van der Waals surface area contributed by atoms with Crippen molar-refractivity contribution in [3.63, 3.8) is 0 Å². The molecule has 0 aliphatic rings. The van der Waals surface area contributed by atoms with Gasteiger partial charge in [0.15, 0.2) is 0 Å². The van der Waals surface area contributed by atoms with Crippen molar-refractivity contribution in [2.45, 2.75) is 11.0 Å². The summed E-state index contributed by atoms with van der Waals surface area (Å²) in [6.45, 7) is 0. The van der Waals surface area contributed by atoms with E-state index in [2.05, 4.69) is 4.60 Å². The third-order valence-corrected chi connectivity index (χ3v) is 9.88. The average molecular weight is 530 g/mol. The summed E-state index contributed by atoms with van der Waals surface area (Å²) < 4.78 is 116. The summed E-state index contributed by atoms with van der Waals surface area (Å²) >= 11 is -4.24. The van der Waals surface area contributed by atoms with Crippen LogP contribution in [0.5, 0.6) is 0 Å². The Bertz CT molecular complexity index is 417. The van der Waals surface area contributed by atoms with Crippen LogP contribution < -0.4 is 0 Å². The van der Waals surface area contributed by atoms with Crippen molar-refractivity contribution >= 4 is 69.9 Å². The molecule has 106 valence electrons. The molecular weight excluding hydrogens is 528 g/mol. The molecule has 0 aliphatic heterocycles. The van der Waals surface area contributed by atoms with E-state index in [1.165, 1.54) is 0 Å². The van der Waals surface area contributed by atoms with E-state index in [-0.39, 0.29) is 25.8 Å². The van der Waals surface area contributed by atoms with E-state index in [4.69, 9.17) is 0 Å². The summed E-state index contributed by atoms with van der Waals surface area (Å²) in [5.74, 6) is 0. The van der Waals surface area contributed by atoms with Crippen molar-refractivity contribution in [2.24, 2.45) is 0 Å². The van der Waals surface area contributed by atoms with E-state index in [0.717, 1.165) is 0 Å². The Morgan fingerprint density at radius 3 is 1.11 bits per heavy atom. The van der Waals surface area contributed by atoms with Crippen LogP contribution in [0, 0.1) is 0 Å². The Hall–Kier alpha value is 1.14. The number of halogens is 6. The monoisotopic (exact) mass is 530 g/mol. The third-order valence-electron chi connectivity index (χ3n) is 0.973. The van der Waals surface area contributed by atoms with Gasteiger partial charge in [0, 0.05) is 0 Å². The molecule has 0 N–H and O–H groups in total. The van der Waals surface area contributed by atoms with Gasteiger partial charge in [0.1, 0.15) is 0 Å². The molecule has 16 heteroatoms. The van der Waals surface area contributed by atoms with Gasteiger partial charge in [0.05, 0.1) is 0 Å². The predicted molar refractivity (Wildman–Crippen MR) is 46.4 cm³/mol. The zero-order valence-electron chi connectivity index (χ0n) is 7.95. The van der Waals surface area contributed by atoms with Gasteiger partial charge in [-0.25, -0.2) is 0 Å². The van der Waals surface area contributed by atoms with Crippen LogP contribution in [-0.4, -0.2) is 77.5 Å². The standard InChI is InChI=1S/2CHF3O3S.2In.2H/c2*2-1(3,4)8(5,6)7;;;;/h2*(H,5,6,7);;;;/q;;;+2;;/p-2. The van der Waals surface area contributed by atoms with Crippen molar-refractivity contribution in [1.82, 2.24) is 0 Å². The number of alkyl halides is 6. The van der Waals surface area contributed by atoms with Crippen molar-refractivity contribution in [3.8, 4) is 0 Å². The first-order chi connectivity index (χ1) is 7.21. The molecule has 0 heterocycles. The molecule has 0 rings (SSSR count). The van der Waals surface area contributed by atoms with E-state index >= 15 is 0 Å². The fourth-order valence-corrected chi connectivity index (χ4v) is 6.42. The molecule has 0 spiro atoms. The molecule has 0 aromatic carbocycles. The first-order valence-electron chi connectivity index (χ1n) is 3.12. The van der Waals surface area contributed by atoms with Gasteiger partial charge in [-0.05, 0) is 0 Å². The van der Waals surface area contributed by atoms with Crippen LogP contribution in [-0.2, 0) is 24.8 Å². The van der Waals surface area contributed by atoms with E-state index in [1.54, 1.807) is 0 Å². The summed E-state index contributed by atoms with van der Waals surface area (Å²) in [6.07, 6.45) is 0. The average Bonchev–Trinajstić information content (AvgIpc) is 1.98. The molecular formula is C2H2F6In2O6S2. The maximum absolute atomic E-state index is 11.6. The molecule has 0 amide bonds. The molecule has 0 aliphatic carbocycles. The topological polar surface area (TPSA) is 86.7 Å². The van der Waals surface area contributed by atoms with E-state index in [0.29, 0.717) is 0 Å². The predicted octanol–water partition coefficient (Wildman–Crippen LogP) is -0.663. The number of hydrogen-bond acceptors (Lipinski definition) is 6. The van der Waals surface area contributed by atoms with Crippen LogP contribution in [0.25, 0.3) is 0 Å². The molecule has 0 saturated carbocycles. The van der Waals surface area contributed by atoms with Gasteiger partial charge in [0.2, 0.25) is 0 Å². The molecule has 0 aromatic rings. The fourth-order valence-electron chi connectivity index (χ4n) is 0.280. The van der Waals surface area contributed by atoms with Crippen LogP contribution in [0.2, 0.25) is 0 Å². The van der Waals surface area contributed by atoms with Gasteiger partial charge in [-0.3, -0.25) is 0 Å². The third kappa shape index (κ3) is 6.06. The molecule has 0 saturated heterocycles. The van der Waals surface area contributed by atoms with E-state index < -0.39 is 55.0 Å². The molecule has 0 atom stereocenters. The fraction of sp³-hybridized carbons (Fsp3) is 1.00. The molecule has 0 aromatic heterocycles. The SMILES string of the molecule is O=S(=O)([O][InH][O]S(=O)(=O)C(F)(F)F)C(F)(F)F.[InH]. The first-order valence-corrected chi connectivity index (χ1v) is 9.23. The van der Waals surface area contributed by atoms with Gasteiger partial charge >= 0.3 is 129 Å². The quantitative estimate of drug-likeness (QED) is 0.355. The maximum atomic E-state index is 11.6. The summed E-state index contributed by atoms with van der Waals surface area (Å²) in [7, 11) is -12.3. The van der Waals surface area contributed by atoms with Gasteiger partial charge in [0.25, 0.3) is 0 Å². The zero-order valence-corrected chi connectivity index (χ0v) is 17.7. The number of rotatable bonds is 4. The Balaban J connectivity index is 0. The van der Waals surface area contributed by atoms with Gasteiger partial charge in [-0.1, -0.05) is 0 Å². The second-order valence-corrected chi connectivity index (χ2v) is 10.1. The molecule has 0 fully saturated rings. The molecule has 0 bridgehead atoms. The molecule has 0 unspecified atom stereocenters. The Morgan fingerprint density at radius 2 is 0.944 bits per heavy atom. The van der Waals surface area contributed by atoms with Gasteiger partial charge < -0.3 is 0 Å². The van der Waals surface area contributed by atoms with Crippen LogP contribution in [0.1, 0.15) is 0 Å². The molecule has 6 nitrogen and oxygen atoms in total. The summed E-state index contributed by atoms with van der Waals surface area (Å²) in [6, 6.07) is 0. The van der Waals surface area contributed by atoms with Crippen molar-refractivity contribution in [1.29, 1.82) is 0 Å². The normalized spacial score (nSPS) is 13.9. The summed E-state index contributed by atoms with van der Waals surface area (Å²) in [5, 5.41) is 0. The Kier molecular flexibility index (Phi) is 8.02. The van der Waals surface area contributed by atoms with Gasteiger partial charge in [-0.2, -0.15) is 0 Å². The van der Waals surface area contributed by atoms with Crippen molar-refractivity contribution < 1.29 is 47.8 Å². The summed E-state index contributed by atoms with van der Waals surface area (Å²) in [4.78, 5) is 0. The van der Waals surface area contributed by atoms with Crippen LogP contribution >= 0.6 is 0 Å². The minimum absolute atomic E-state index is 0. The first kappa shape index (κ1) is 21.4.